The van der Waals surface area contributed by atoms with Crippen LogP contribution in [0.1, 0.15) is 21.5 Å². The monoisotopic (exact) mass is 351 g/mol. The third kappa shape index (κ3) is 5.80. The Kier molecular flexibility index (Phi) is 6.95. The molecule has 6 heteroatoms. The highest BCUT2D eigenvalue weighted by Gasteiger charge is 2.06. The highest BCUT2D eigenvalue weighted by atomic mass is 16.5. The van der Waals surface area contributed by atoms with Crippen LogP contribution in [0.2, 0.25) is 0 Å². The van der Waals surface area contributed by atoms with E-state index in [-0.39, 0.29) is 13.2 Å². The summed E-state index contributed by atoms with van der Waals surface area (Å²) in [6, 6.07) is 15.5. The molecule has 2 aromatic rings. The molecule has 0 bridgehead atoms. The van der Waals surface area contributed by atoms with Crippen molar-refractivity contribution in [1.29, 1.82) is 5.26 Å². The van der Waals surface area contributed by atoms with Gasteiger partial charge in [0.2, 0.25) is 0 Å². The van der Waals surface area contributed by atoms with E-state index in [0.29, 0.717) is 16.9 Å². The molecule has 0 heterocycles. The number of methoxy groups -OCH3 is 1. The quantitative estimate of drug-likeness (QED) is 0.563. The Balaban J connectivity index is 1.87. The maximum atomic E-state index is 11.8. The van der Waals surface area contributed by atoms with Crippen molar-refractivity contribution in [1.82, 2.24) is 0 Å². The third-order valence-electron chi connectivity index (χ3n) is 3.32. The van der Waals surface area contributed by atoms with Gasteiger partial charge in [-0.1, -0.05) is 24.3 Å². The number of esters is 2. The summed E-state index contributed by atoms with van der Waals surface area (Å²) < 4.78 is 15.0. The number of carbonyl (C=O) groups excluding carboxylic acids is 2. The lowest BCUT2D eigenvalue weighted by molar-refractivity contribution is -0.138. The van der Waals surface area contributed by atoms with Crippen molar-refractivity contribution in [2.45, 2.75) is 6.61 Å². The molecule has 2 aromatic carbocycles. The molecule has 0 radical (unpaired) electrons. The van der Waals surface area contributed by atoms with E-state index in [2.05, 4.69) is 4.74 Å². The minimum Gasteiger partial charge on any atom is -0.479 e. The average Bonchev–Trinajstić information content (AvgIpc) is 2.69. The number of nitrogens with zero attached hydrogens (tertiary/aromatic N) is 1. The summed E-state index contributed by atoms with van der Waals surface area (Å²) in [5.74, 6) is -0.365. The van der Waals surface area contributed by atoms with Crippen LogP contribution in [-0.2, 0) is 20.9 Å². The summed E-state index contributed by atoms with van der Waals surface area (Å²) in [4.78, 5) is 23.3. The number of rotatable bonds is 7. The number of ether oxygens (including phenoxy) is 3. The molecule has 0 aliphatic rings. The second-order valence-corrected chi connectivity index (χ2v) is 5.15. The van der Waals surface area contributed by atoms with Gasteiger partial charge in [0.25, 0.3) is 0 Å². The van der Waals surface area contributed by atoms with E-state index < -0.39 is 11.9 Å². The zero-order chi connectivity index (χ0) is 18.8. The van der Waals surface area contributed by atoms with Crippen LogP contribution in [0.4, 0.5) is 0 Å². The lowest BCUT2D eigenvalue weighted by Gasteiger charge is -2.05. The standard InChI is InChI=1S/C20H17NO5/c1-24-20(23)17-4-2-3-16(13-17)14-26-19(22)10-7-15-5-8-18(9-6-15)25-12-11-21/h2-10,13H,12,14H2,1H3/b10-7+. The Bertz CT molecular complexity index is 834. The van der Waals surface area contributed by atoms with E-state index in [1.807, 2.05) is 6.07 Å². The van der Waals surface area contributed by atoms with Gasteiger partial charge in [0.15, 0.2) is 6.61 Å². The first kappa shape index (κ1) is 18.7. The van der Waals surface area contributed by atoms with Crippen LogP contribution in [0.3, 0.4) is 0 Å². The van der Waals surface area contributed by atoms with Gasteiger partial charge in [0, 0.05) is 6.08 Å². The van der Waals surface area contributed by atoms with Gasteiger partial charge in [0.1, 0.15) is 18.4 Å². The molecule has 0 fully saturated rings. The molecule has 0 aromatic heterocycles. The van der Waals surface area contributed by atoms with Crippen molar-refractivity contribution in [3.8, 4) is 11.8 Å². The van der Waals surface area contributed by atoms with Crippen molar-refractivity contribution in [2.75, 3.05) is 13.7 Å². The van der Waals surface area contributed by atoms with E-state index in [0.717, 1.165) is 5.56 Å². The van der Waals surface area contributed by atoms with Gasteiger partial charge >= 0.3 is 11.9 Å². The van der Waals surface area contributed by atoms with E-state index in [4.69, 9.17) is 14.7 Å². The van der Waals surface area contributed by atoms with Crippen LogP contribution in [0, 0.1) is 11.3 Å². The Hall–Kier alpha value is -3.59. The van der Waals surface area contributed by atoms with Crippen LogP contribution in [0.25, 0.3) is 6.08 Å². The van der Waals surface area contributed by atoms with Gasteiger partial charge in [-0.05, 0) is 41.5 Å². The third-order valence-corrected chi connectivity index (χ3v) is 3.32. The molecule has 0 saturated heterocycles. The van der Waals surface area contributed by atoms with Gasteiger partial charge in [-0.25, -0.2) is 9.59 Å². The first-order chi connectivity index (χ1) is 12.6. The number of benzene rings is 2. The number of hydrogen-bond donors (Lipinski definition) is 0. The predicted molar refractivity (Wildman–Crippen MR) is 94.2 cm³/mol. The smallest absolute Gasteiger partial charge is 0.337 e. The summed E-state index contributed by atoms with van der Waals surface area (Å²) in [5.41, 5.74) is 1.88. The molecular weight excluding hydrogens is 334 g/mol. The lowest BCUT2D eigenvalue weighted by atomic mass is 10.1. The minimum absolute atomic E-state index is 0.0152. The highest BCUT2D eigenvalue weighted by Crippen LogP contribution is 2.13. The summed E-state index contributed by atoms with van der Waals surface area (Å²) in [6.07, 6.45) is 2.93. The van der Waals surface area contributed by atoms with E-state index >= 15 is 0 Å². The fraction of sp³-hybridized carbons (Fsp3) is 0.150. The molecule has 26 heavy (non-hydrogen) atoms. The van der Waals surface area contributed by atoms with Crippen molar-refractivity contribution >= 4 is 18.0 Å². The second kappa shape index (κ2) is 9.64. The van der Waals surface area contributed by atoms with Gasteiger partial charge in [-0.2, -0.15) is 5.26 Å². The van der Waals surface area contributed by atoms with Crippen LogP contribution in [0.5, 0.6) is 5.75 Å². The molecule has 0 N–H and O–H groups in total. The zero-order valence-electron chi connectivity index (χ0n) is 14.2. The second-order valence-electron chi connectivity index (χ2n) is 5.15. The summed E-state index contributed by atoms with van der Waals surface area (Å²) >= 11 is 0. The van der Waals surface area contributed by atoms with Crippen molar-refractivity contribution in [3.63, 3.8) is 0 Å². The predicted octanol–water partition coefficient (Wildman–Crippen LogP) is 3.13. The SMILES string of the molecule is COC(=O)c1cccc(COC(=O)/C=C/c2ccc(OCC#N)cc2)c1. The van der Waals surface area contributed by atoms with Gasteiger partial charge < -0.3 is 14.2 Å². The molecule has 0 saturated carbocycles. The maximum absolute atomic E-state index is 11.8. The first-order valence-corrected chi connectivity index (χ1v) is 7.74. The summed E-state index contributed by atoms with van der Waals surface area (Å²) in [6.45, 7) is 0.0354. The van der Waals surface area contributed by atoms with Crippen LogP contribution < -0.4 is 4.74 Å². The maximum Gasteiger partial charge on any atom is 0.337 e. The Morgan fingerprint density at radius 1 is 1.15 bits per heavy atom. The van der Waals surface area contributed by atoms with Gasteiger partial charge in [0.05, 0.1) is 12.7 Å². The lowest BCUT2D eigenvalue weighted by Crippen LogP contribution is -2.04. The molecule has 0 amide bonds. The first-order valence-electron chi connectivity index (χ1n) is 7.74. The van der Waals surface area contributed by atoms with Gasteiger partial charge in [-0.15, -0.1) is 0 Å². The molecule has 0 spiro atoms. The van der Waals surface area contributed by atoms with Crippen molar-refractivity contribution in [3.05, 3.63) is 71.3 Å². The summed E-state index contributed by atoms with van der Waals surface area (Å²) in [5, 5.41) is 8.45. The van der Waals surface area contributed by atoms with Crippen LogP contribution in [0.15, 0.2) is 54.6 Å². The average molecular weight is 351 g/mol. The molecule has 132 valence electrons. The van der Waals surface area contributed by atoms with E-state index in [1.54, 1.807) is 54.6 Å². The van der Waals surface area contributed by atoms with Crippen LogP contribution in [-0.4, -0.2) is 25.7 Å². The van der Waals surface area contributed by atoms with Crippen LogP contribution >= 0.6 is 0 Å². The zero-order valence-corrected chi connectivity index (χ0v) is 14.2. The minimum atomic E-state index is -0.502. The normalized spacial score (nSPS) is 10.2. The fourth-order valence-electron chi connectivity index (χ4n) is 2.06. The van der Waals surface area contributed by atoms with Gasteiger partial charge in [-0.3, -0.25) is 0 Å². The highest BCUT2D eigenvalue weighted by molar-refractivity contribution is 5.89. The topological polar surface area (TPSA) is 85.6 Å². The molecule has 0 unspecified atom stereocenters. The Morgan fingerprint density at radius 2 is 1.92 bits per heavy atom. The number of hydrogen-bond acceptors (Lipinski definition) is 6. The summed E-state index contributed by atoms with van der Waals surface area (Å²) in [7, 11) is 1.31. The Morgan fingerprint density at radius 3 is 2.62 bits per heavy atom. The number of carbonyl (C=O) groups is 2. The van der Waals surface area contributed by atoms with Crippen molar-refractivity contribution < 1.29 is 23.8 Å². The molecule has 2 rings (SSSR count). The van der Waals surface area contributed by atoms with E-state index in [9.17, 15) is 9.59 Å². The molecule has 0 atom stereocenters. The fourth-order valence-corrected chi connectivity index (χ4v) is 2.06. The van der Waals surface area contributed by atoms with E-state index in [1.165, 1.54) is 13.2 Å². The number of nitriles is 1. The molecule has 0 aliphatic heterocycles. The largest absolute Gasteiger partial charge is 0.479 e. The molecule has 6 nitrogen and oxygen atoms in total. The Labute approximate surface area is 151 Å². The van der Waals surface area contributed by atoms with Crippen molar-refractivity contribution in [2.24, 2.45) is 0 Å². The molecular formula is C20H17NO5. The molecule has 0 aliphatic carbocycles.